The van der Waals surface area contributed by atoms with Crippen LogP contribution in [0.4, 0.5) is 17.6 Å². The van der Waals surface area contributed by atoms with Crippen molar-refractivity contribution in [2.45, 2.75) is 31.1 Å². The van der Waals surface area contributed by atoms with Gasteiger partial charge >= 0.3 is 6.18 Å². The van der Waals surface area contributed by atoms with Crippen LogP contribution in [0.5, 0.6) is 5.88 Å². The minimum absolute atomic E-state index is 0.0354. The number of hydrogen-bond donors (Lipinski definition) is 0. The molecule has 1 fully saturated rings. The average Bonchev–Trinajstić information content (AvgIpc) is 3.17. The van der Waals surface area contributed by atoms with Crippen LogP contribution < -0.4 is 4.74 Å². The molecule has 0 unspecified atom stereocenters. The summed E-state index contributed by atoms with van der Waals surface area (Å²) in [4.78, 5) is 20.4. The number of piperidine rings is 1. The first-order chi connectivity index (χ1) is 14.2. The predicted octanol–water partition coefficient (Wildman–Crippen LogP) is 3.13. The minimum Gasteiger partial charge on any atom is -0.480 e. The van der Waals surface area contributed by atoms with Crippen molar-refractivity contribution in [1.82, 2.24) is 19.4 Å². The van der Waals surface area contributed by atoms with Crippen molar-refractivity contribution < 1.29 is 27.1 Å². The van der Waals surface area contributed by atoms with Crippen LogP contribution >= 0.6 is 0 Å². The number of likely N-dealkylation sites (tertiary alicyclic amines) is 1. The van der Waals surface area contributed by atoms with Gasteiger partial charge in [0.1, 0.15) is 17.1 Å². The maximum Gasteiger partial charge on any atom is 0.431 e. The van der Waals surface area contributed by atoms with E-state index < -0.39 is 29.1 Å². The number of amides is 1. The SMILES string of the molecule is COc1ncc(F)cc1C(=O)N1CCC2(CC1)c1ccc(C(F)(F)F)n1CCN2C. The highest BCUT2D eigenvalue weighted by Gasteiger charge is 2.47. The number of methoxy groups -OCH3 is 1. The molecule has 1 saturated heterocycles. The number of rotatable bonds is 2. The Morgan fingerprint density at radius 2 is 1.87 bits per heavy atom. The fourth-order valence-corrected chi connectivity index (χ4v) is 4.65. The number of nitrogens with zero attached hydrogens (tertiary/aromatic N) is 4. The number of pyridine rings is 1. The zero-order valence-corrected chi connectivity index (χ0v) is 16.7. The lowest BCUT2D eigenvalue weighted by molar-refractivity contribution is -0.144. The normalized spacial score (nSPS) is 19.1. The van der Waals surface area contributed by atoms with Gasteiger partial charge in [0.25, 0.3) is 5.91 Å². The molecule has 0 bridgehead atoms. The summed E-state index contributed by atoms with van der Waals surface area (Å²) in [5, 5.41) is 0. The van der Waals surface area contributed by atoms with E-state index in [1.807, 2.05) is 7.05 Å². The maximum absolute atomic E-state index is 13.6. The molecule has 0 radical (unpaired) electrons. The Bertz CT molecular complexity index is 964. The molecular formula is C20H22F4N4O2. The highest BCUT2D eigenvalue weighted by atomic mass is 19.4. The van der Waals surface area contributed by atoms with Crippen molar-refractivity contribution in [3.63, 3.8) is 0 Å². The summed E-state index contributed by atoms with van der Waals surface area (Å²) in [6, 6.07) is 3.78. The van der Waals surface area contributed by atoms with Crippen LogP contribution in [0.15, 0.2) is 24.4 Å². The second kappa shape index (κ2) is 7.26. The summed E-state index contributed by atoms with van der Waals surface area (Å²) in [7, 11) is 3.26. The molecule has 0 N–H and O–H groups in total. The number of halogens is 4. The molecule has 10 heteroatoms. The van der Waals surface area contributed by atoms with Crippen molar-refractivity contribution in [3.8, 4) is 5.88 Å². The van der Waals surface area contributed by atoms with E-state index in [2.05, 4.69) is 9.88 Å². The first-order valence-corrected chi connectivity index (χ1v) is 9.64. The topological polar surface area (TPSA) is 50.6 Å². The van der Waals surface area contributed by atoms with Crippen LogP contribution in [-0.2, 0) is 18.3 Å². The highest BCUT2D eigenvalue weighted by Crippen LogP contribution is 2.44. The van der Waals surface area contributed by atoms with Gasteiger partial charge in [-0.3, -0.25) is 9.69 Å². The second-order valence-corrected chi connectivity index (χ2v) is 7.71. The molecule has 0 aliphatic carbocycles. The van der Waals surface area contributed by atoms with Crippen LogP contribution in [0.25, 0.3) is 0 Å². The Morgan fingerprint density at radius 3 is 2.50 bits per heavy atom. The zero-order chi connectivity index (χ0) is 21.7. The molecule has 1 spiro atoms. The first-order valence-electron chi connectivity index (χ1n) is 9.64. The number of carbonyl (C=O) groups is 1. The third kappa shape index (κ3) is 3.23. The minimum atomic E-state index is -4.41. The van der Waals surface area contributed by atoms with Gasteiger partial charge < -0.3 is 14.2 Å². The van der Waals surface area contributed by atoms with Gasteiger partial charge in [0, 0.05) is 31.9 Å². The van der Waals surface area contributed by atoms with Crippen LogP contribution in [0, 0.1) is 5.82 Å². The average molecular weight is 426 g/mol. The molecule has 2 aromatic rings. The quantitative estimate of drug-likeness (QED) is 0.693. The lowest BCUT2D eigenvalue weighted by atomic mass is 9.81. The number of likely N-dealkylation sites (N-methyl/N-ethyl adjacent to an activating group) is 1. The van der Waals surface area contributed by atoms with E-state index >= 15 is 0 Å². The number of ether oxygens (including phenoxy) is 1. The molecule has 30 heavy (non-hydrogen) atoms. The van der Waals surface area contributed by atoms with E-state index in [-0.39, 0.29) is 18.0 Å². The largest absolute Gasteiger partial charge is 0.480 e. The third-order valence-electron chi connectivity index (χ3n) is 6.26. The van der Waals surface area contributed by atoms with Crippen LogP contribution in [0.2, 0.25) is 0 Å². The first kappa shape index (κ1) is 20.6. The molecule has 4 rings (SSSR count). The molecule has 2 aliphatic rings. The third-order valence-corrected chi connectivity index (χ3v) is 6.26. The number of carbonyl (C=O) groups excluding carboxylic acids is 1. The number of fused-ring (bicyclic) bond motifs is 2. The zero-order valence-electron chi connectivity index (χ0n) is 16.7. The molecule has 1 amide bonds. The number of hydrogen-bond acceptors (Lipinski definition) is 4. The number of alkyl halides is 3. The predicted molar refractivity (Wildman–Crippen MR) is 99.6 cm³/mol. The molecule has 0 atom stereocenters. The highest BCUT2D eigenvalue weighted by molar-refractivity contribution is 5.96. The Balaban J connectivity index is 1.60. The van der Waals surface area contributed by atoms with Gasteiger partial charge in [-0.25, -0.2) is 9.37 Å². The fourth-order valence-electron chi connectivity index (χ4n) is 4.65. The van der Waals surface area contributed by atoms with Gasteiger partial charge in [-0.2, -0.15) is 13.2 Å². The molecule has 0 saturated carbocycles. The lowest BCUT2D eigenvalue weighted by Crippen LogP contribution is -2.56. The Kier molecular flexibility index (Phi) is 5.00. The fraction of sp³-hybridized carbons (Fsp3) is 0.500. The summed E-state index contributed by atoms with van der Waals surface area (Å²) < 4.78 is 60.2. The molecule has 4 heterocycles. The van der Waals surface area contributed by atoms with E-state index in [1.54, 1.807) is 11.0 Å². The molecule has 2 aromatic heterocycles. The smallest absolute Gasteiger partial charge is 0.431 e. The summed E-state index contributed by atoms with van der Waals surface area (Å²) in [6.45, 7) is 1.41. The van der Waals surface area contributed by atoms with Gasteiger partial charge in [0.15, 0.2) is 0 Å². The standard InChI is InChI=1S/C20H22F4N4O2/c1-26-9-10-28-15(3-4-16(28)20(22,23)24)19(26)5-7-27(8-6-19)18(29)14-11-13(21)12-25-17(14)30-2/h3-4,11-12H,5-10H2,1-2H3. The Hall–Kier alpha value is -2.62. The summed E-state index contributed by atoms with van der Waals surface area (Å²) in [5.74, 6) is -1.00. The molecule has 2 aliphatic heterocycles. The van der Waals surface area contributed by atoms with E-state index in [9.17, 15) is 22.4 Å². The van der Waals surface area contributed by atoms with Gasteiger partial charge in [-0.1, -0.05) is 0 Å². The van der Waals surface area contributed by atoms with E-state index in [1.165, 1.54) is 11.7 Å². The molecule has 0 aromatic carbocycles. The maximum atomic E-state index is 13.6. The van der Waals surface area contributed by atoms with Gasteiger partial charge in [-0.05, 0) is 38.1 Å². The van der Waals surface area contributed by atoms with E-state index in [0.717, 1.165) is 18.3 Å². The van der Waals surface area contributed by atoms with E-state index in [0.29, 0.717) is 38.2 Å². The van der Waals surface area contributed by atoms with Crippen molar-refractivity contribution >= 4 is 5.91 Å². The summed E-state index contributed by atoms with van der Waals surface area (Å²) in [5.41, 5.74) is -0.559. The van der Waals surface area contributed by atoms with Crippen molar-refractivity contribution in [3.05, 3.63) is 47.2 Å². The van der Waals surface area contributed by atoms with Crippen LogP contribution in [-0.4, -0.2) is 59.0 Å². The molecule has 6 nitrogen and oxygen atoms in total. The Morgan fingerprint density at radius 1 is 1.17 bits per heavy atom. The van der Waals surface area contributed by atoms with Crippen LogP contribution in [0.3, 0.4) is 0 Å². The lowest BCUT2D eigenvalue weighted by Gasteiger charge is -2.50. The van der Waals surface area contributed by atoms with Gasteiger partial charge in [0.05, 0.1) is 18.8 Å². The second-order valence-electron chi connectivity index (χ2n) is 7.71. The van der Waals surface area contributed by atoms with Gasteiger partial charge in [-0.15, -0.1) is 0 Å². The monoisotopic (exact) mass is 426 g/mol. The van der Waals surface area contributed by atoms with Gasteiger partial charge in [0.2, 0.25) is 5.88 Å². The summed E-state index contributed by atoms with van der Waals surface area (Å²) >= 11 is 0. The van der Waals surface area contributed by atoms with Crippen molar-refractivity contribution in [1.29, 1.82) is 0 Å². The number of aromatic nitrogens is 2. The molecular weight excluding hydrogens is 404 g/mol. The summed E-state index contributed by atoms with van der Waals surface area (Å²) in [6.07, 6.45) is -2.49. The van der Waals surface area contributed by atoms with Crippen LogP contribution in [0.1, 0.15) is 34.6 Å². The Labute approximate surface area is 171 Å². The molecule has 162 valence electrons. The van der Waals surface area contributed by atoms with E-state index in [4.69, 9.17) is 4.74 Å². The van der Waals surface area contributed by atoms with Crippen molar-refractivity contribution in [2.75, 3.05) is 33.8 Å². The van der Waals surface area contributed by atoms with Crippen molar-refractivity contribution in [2.24, 2.45) is 0 Å².